The first kappa shape index (κ1) is 20.3. The lowest BCUT2D eigenvalue weighted by molar-refractivity contribution is 0.0711. The second-order valence-corrected chi connectivity index (χ2v) is 9.97. The summed E-state index contributed by atoms with van der Waals surface area (Å²) in [7, 11) is 0. The molecule has 0 nitrogen and oxygen atoms in total. The van der Waals surface area contributed by atoms with Crippen LogP contribution in [0.5, 0.6) is 0 Å². The van der Waals surface area contributed by atoms with Gasteiger partial charge in [-0.15, -0.1) is 0 Å². The zero-order valence-electron chi connectivity index (χ0n) is 17.2. The van der Waals surface area contributed by atoms with Crippen LogP contribution in [0, 0.1) is 47.0 Å². The van der Waals surface area contributed by atoms with Crippen LogP contribution < -0.4 is 0 Å². The van der Waals surface area contributed by atoms with Gasteiger partial charge in [-0.1, -0.05) is 32.6 Å². The molecule has 0 bridgehead atoms. The topological polar surface area (TPSA) is 0 Å². The summed E-state index contributed by atoms with van der Waals surface area (Å²) < 4.78 is 40.6. The van der Waals surface area contributed by atoms with Crippen LogP contribution in [0.25, 0.3) is 0 Å². The third-order valence-corrected chi connectivity index (χ3v) is 8.39. The van der Waals surface area contributed by atoms with Crippen molar-refractivity contribution < 1.29 is 13.2 Å². The van der Waals surface area contributed by atoms with E-state index in [1.54, 1.807) is 0 Å². The van der Waals surface area contributed by atoms with Gasteiger partial charge in [0.15, 0.2) is 17.5 Å². The molecule has 1 aromatic carbocycles. The highest BCUT2D eigenvalue weighted by molar-refractivity contribution is 5.24. The maximum absolute atomic E-state index is 13.6. The highest BCUT2D eigenvalue weighted by Crippen LogP contribution is 2.51. The predicted molar refractivity (Wildman–Crippen MR) is 108 cm³/mol. The SMILES string of the molecule is CCCC1CCC([C@@H]2CC[C@@H]3C[C@H](c4cc(F)c(F)c(F)c4)CC[C@@H]3C2)CC1. The zero-order valence-corrected chi connectivity index (χ0v) is 17.2. The lowest BCUT2D eigenvalue weighted by atomic mass is 9.60. The van der Waals surface area contributed by atoms with Crippen LogP contribution in [0.15, 0.2) is 12.1 Å². The molecule has 0 amide bonds. The predicted octanol–water partition coefficient (Wildman–Crippen LogP) is 8.01. The van der Waals surface area contributed by atoms with Crippen molar-refractivity contribution in [2.45, 2.75) is 89.9 Å². The van der Waals surface area contributed by atoms with Crippen molar-refractivity contribution in [2.24, 2.45) is 29.6 Å². The smallest absolute Gasteiger partial charge is 0.194 e. The minimum Gasteiger partial charge on any atom is -0.204 e. The number of rotatable bonds is 4. The monoisotopic (exact) mass is 392 g/mol. The standard InChI is InChI=1S/C25H35F3/c1-2-3-16-4-6-17(7-5-16)18-8-9-20-13-21(11-10-19(20)12-18)22-14-23(26)25(28)24(27)15-22/h14-21H,2-13H2,1H3/t16?,17?,18-,19-,20-,21-/m1/s1. The number of benzene rings is 1. The van der Waals surface area contributed by atoms with Crippen molar-refractivity contribution in [3.05, 3.63) is 35.1 Å². The molecule has 0 saturated heterocycles. The molecule has 28 heavy (non-hydrogen) atoms. The molecule has 3 saturated carbocycles. The Bertz CT molecular complexity index is 639. The minimum absolute atomic E-state index is 0.187. The molecule has 0 N–H and O–H groups in total. The summed E-state index contributed by atoms with van der Waals surface area (Å²) in [6.07, 6.45) is 15.6. The normalized spacial score (nSPS) is 36.1. The number of hydrogen-bond donors (Lipinski definition) is 0. The van der Waals surface area contributed by atoms with Crippen molar-refractivity contribution in [3.8, 4) is 0 Å². The Kier molecular flexibility index (Phi) is 6.37. The second-order valence-electron chi connectivity index (χ2n) is 9.97. The number of hydrogen-bond acceptors (Lipinski definition) is 0. The van der Waals surface area contributed by atoms with E-state index >= 15 is 0 Å². The summed E-state index contributed by atoms with van der Waals surface area (Å²) in [6, 6.07) is 2.45. The molecule has 4 atom stereocenters. The molecule has 0 aliphatic heterocycles. The maximum Gasteiger partial charge on any atom is 0.194 e. The van der Waals surface area contributed by atoms with Crippen molar-refractivity contribution in [3.63, 3.8) is 0 Å². The van der Waals surface area contributed by atoms with E-state index in [0.717, 1.165) is 42.9 Å². The molecule has 3 heteroatoms. The van der Waals surface area contributed by atoms with E-state index in [1.807, 2.05) is 0 Å². The highest BCUT2D eigenvalue weighted by atomic mass is 19.2. The lowest BCUT2D eigenvalue weighted by Crippen LogP contribution is -2.34. The average Bonchev–Trinajstić information content (AvgIpc) is 2.71. The molecule has 156 valence electrons. The fourth-order valence-corrected chi connectivity index (χ4v) is 6.82. The van der Waals surface area contributed by atoms with Crippen molar-refractivity contribution in [1.29, 1.82) is 0 Å². The average molecular weight is 393 g/mol. The Morgan fingerprint density at radius 3 is 1.89 bits per heavy atom. The molecular formula is C25H35F3. The van der Waals surface area contributed by atoms with Gasteiger partial charge < -0.3 is 0 Å². The van der Waals surface area contributed by atoms with E-state index in [9.17, 15) is 13.2 Å². The third-order valence-electron chi connectivity index (χ3n) is 8.39. The van der Waals surface area contributed by atoms with Gasteiger partial charge in [-0.05, 0) is 105 Å². The maximum atomic E-state index is 13.6. The minimum atomic E-state index is -1.34. The van der Waals surface area contributed by atoms with Crippen LogP contribution in [0.2, 0.25) is 0 Å². The summed E-state index contributed by atoms with van der Waals surface area (Å²) >= 11 is 0. The van der Waals surface area contributed by atoms with Crippen molar-refractivity contribution in [2.75, 3.05) is 0 Å². The molecule has 3 fully saturated rings. The van der Waals surface area contributed by atoms with Crippen LogP contribution in [-0.2, 0) is 0 Å². The molecule has 4 rings (SSSR count). The lowest BCUT2D eigenvalue weighted by Gasteiger charge is -2.45. The van der Waals surface area contributed by atoms with Crippen LogP contribution in [-0.4, -0.2) is 0 Å². The van der Waals surface area contributed by atoms with E-state index in [2.05, 4.69) is 6.92 Å². The molecule has 0 radical (unpaired) electrons. The van der Waals surface area contributed by atoms with Crippen LogP contribution in [0.1, 0.15) is 95.5 Å². The van der Waals surface area contributed by atoms with Crippen LogP contribution in [0.4, 0.5) is 13.2 Å². The number of fused-ring (bicyclic) bond motifs is 1. The Labute approximate surface area is 168 Å². The van der Waals surface area contributed by atoms with E-state index in [1.165, 1.54) is 69.9 Å². The Morgan fingerprint density at radius 2 is 1.25 bits per heavy atom. The second kappa shape index (κ2) is 8.79. The van der Waals surface area contributed by atoms with Gasteiger partial charge >= 0.3 is 0 Å². The van der Waals surface area contributed by atoms with Gasteiger partial charge in [0.1, 0.15) is 0 Å². The molecule has 1 aromatic rings. The van der Waals surface area contributed by atoms with Gasteiger partial charge in [0.2, 0.25) is 0 Å². The summed E-state index contributed by atoms with van der Waals surface area (Å²) in [5.41, 5.74) is 0.659. The van der Waals surface area contributed by atoms with Gasteiger partial charge in [0, 0.05) is 0 Å². The van der Waals surface area contributed by atoms with Gasteiger partial charge in [-0.3, -0.25) is 0 Å². The first-order chi connectivity index (χ1) is 13.5. The van der Waals surface area contributed by atoms with Gasteiger partial charge in [-0.25, -0.2) is 13.2 Å². The van der Waals surface area contributed by atoms with Crippen LogP contribution in [0.3, 0.4) is 0 Å². The van der Waals surface area contributed by atoms with Gasteiger partial charge in [0.25, 0.3) is 0 Å². The molecule has 0 spiro atoms. The first-order valence-electron chi connectivity index (χ1n) is 11.7. The third kappa shape index (κ3) is 4.28. The Balaban J connectivity index is 1.33. The molecule has 0 heterocycles. The molecule has 0 aromatic heterocycles. The fraction of sp³-hybridized carbons (Fsp3) is 0.760. The molecule has 3 aliphatic carbocycles. The van der Waals surface area contributed by atoms with Gasteiger partial charge in [-0.2, -0.15) is 0 Å². The number of halogens is 3. The summed E-state index contributed by atoms with van der Waals surface area (Å²) in [5, 5.41) is 0. The van der Waals surface area contributed by atoms with E-state index < -0.39 is 17.5 Å². The molecule has 0 unspecified atom stereocenters. The quantitative estimate of drug-likeness (QED) is 0.455. The molecular weight excluding hydrogens is 357 g/mol. The van der Waals surface area contributed by atoms with E-state index in [0.29, 0.717) is 11.5 Å². The van der Waals surface area contributed by atoms with E-state index in [4.69, 9.17) is 0 Å². The fourth-order valence-electron chi connectivity index (χ4n) is 6.82. The van der Waals surface area contributed by atoms with E-state index in [-0.39, 0.29) is 5.92 Å². The zero-order chi connectivity index (χ0) is 19.7. The molecule has 3 aliphatic rings. The first-order valence-corrected chi connectivity index (χ1v) is 11.7. The summed E-state index contributed by atoms with van der Waals surface area (Å²) in [6.45, 7) is 2.30. The summed E-state index contributed by atoms with van der Waals surface area (Å²) in [4.78, 5) is 0. The summed E-state index contributed by atoms with van der Waals surface area (Å²) in [5.74, 6) is 1.05. The highest BCUT2D eigenvalue weighted by Gasteiger charge is 2.39. The van der Waals surface area contributed by atoms with Crippen molar-refractivity contribution >= 4 is 0 Å². The largest absolute Gasteiger partial charge is 0.204 e. The van der Waals surface area contributed by atoms with Crippen LogP contribution >= 0.6 is 0 Å². The van der Waals surface area contributed by atoms with Crippen molar-refractivity contribution in [1.82, 2.24) is 0 Å². The Hall–Kier alpha value is -0.990. The Morgan fingerprint density at radius 1 is 0.714 bits per heavy atom. The van der Waals surface area contributed by atoms with Gasteiger partial charge in [0.05, 0.1) is 0 Å².